The fraction of sp³-hybridized carbons (Fsp3) is 0.318. The zero-order valence-electron chi connectivity index (χ0n) is 16.3. The summed E-state index contributed by atoms with van der Waals surface area (Å²) in [5.41, 5.74) is 1.71. The van der Waals surface area contributed by atoms with E-state index in [9.17, 15) is 20.4 Å². The summed E-state index contributed by atoms with van der Waals surface area (Å²) >= 11 is 1.44. The van der Waals surface area contributed by atoms with Crippen molar-refractivity contribution in [2.24, 2.45) is 0 Å². The number of nitrogens with zero attached hydrogens (tertiary/aromatic N) is 1. The summed E-state index contributed by atoms with van der Waals surface area (Å²) in [6, 6.07) is 15.2. The third-order valence-corrected chi connectivity index (χ3v) is 6.42. The molecular weight excluding hydrogens is 422 g/mol. The van der Waals surface area contributed by atoms with E-state index in [1.54, 1.807) is 0 Å². The summed E-state index contributed by atoms with van der Waals surface area (Å²) in [4.78, 5) is 4.65. The van der Waals surface area contributed by atoms with Gasteiger partial charge < -0.3 is 34.6 Å². The summed E-state index contributed by atoms with van der Waals surface area (Å²) in [5, 5.41) is 40.6. The van der Waals surface area contributed by atoms with E-state index < -0.39 is 37.3 Å². The first kappa shape index (κ1) is 20.4. The van der Waals surface area contributed by atoms with Crippen LogP contribution in [0.5, 0.6) is 5.75 Å². The highest BCUT2D eigenvalue weighted by Gasteiger charge is 2.45. The quantitative estimate of drug-likeness (QED) is 0.478. The largest absolute Gasteiger partial charge is 0.462 e. The van der Waals surface area contributed by atoms with Gasteiger partial charge in [-0.05, 0) is 18.2 Å². The number of hydrogen-bond acceptors (Lipinski definition) is 9. The highest BCUT2D eigenvalue weighted by atomic mass is 32.1. The third kappa shape index (κ3) is 3.69. The summed E-state index contributed by atoms with van der Waals surface area (Å²) in [5.74, 6) is 1.46. The van der Waals surface area contributed by atoms with Crippen molar-refractivity contribution in [2.75, 3.05) is 6.61 Å². The van der Waals surface area contributed by atoms with Crippen molar-refractivity contribution < 1.29 is 34.6 Å². The lowest BCUT2D eigenvalue weighted by atomic mass is 9.99. The van der Waals surface area contributed by atoms with Gasteiger partial charge in [0.15, 0.2) is 5.01 Å². The van der Waals surface area contributed by atoms with Gasteiger partial charge in [-0.15, -0.1) is 11.3 Å². The van der Waals surface area contributed by atoms with E-state index in [4.69, 9.17) is 14.2 Å². The van der Waals surface area contributed by atoms with Crippen molar-refractivity contribution in [1.29, 1.82) is 0 Å². The van der Waals surface area contributed by atoms with E-state index in [1.807, 2.05) is 48.5 Å². The van der Waals surface area contributed by atoms with Crippen LogP contribution in [0.4, 0.5) is 0 Å². The van der Waals surface area contributed by atoms with Crippen LogP contribution in [0.1, 0.15) is 10.6 Å². The second-order valence-corrected chi connectivity index (χ2v) is 8.47. The van der Waals surface area contributed by atoms with Gasteiger partial charge in [0.2, 0.25) is 12.0 Å². The average molecular weight is 443 g/mol. The average Bonchev–Trinajstić information content (AvgIpc) is 3.23. The molecule has 4 N–H and O–H groups in total. The number of ether oxygens (including phenoxy) is 3. The molecule has 8 nitrogen and oxygen atoms in total. The Bertz CT molecular complexity index is 1090. The van der Waals surface area contributed by atoms with Crippen LogP contribution in [0.2, 0.25) is 0 Å². The Morgan fingerprint density at radius 3 is 2.58 bits per heavy atom. The lowest BCUT2D eigenvalue weighted by molar-refractivity contribution is -0.291. The van der Waals surface area contributed by atoms with Gasteiger partial charge in [0, 0.05) is 12.0 Å². The molecule has 5 atom stereocenters. The lowest BCUT2D eigenvalue weighted by Gasteiger charge is -2.40. The molecule has 31 heavy (non-hydrogen) atoms. The maximum absolute atomic E-state index is 10.4. The van der Waals surface area contributed by atoms with E-state index in [2.05, 4.69) is 4.98 Å². The summed E-state index contributed by atoms with van der Waals surface area (Å²) in [6.07, 6.45) is -6.51. The Morgan fingerprint density at radius 1 is 1.00 bits per heavy atom. The zero-order chi connectivity index (χ0) is 21.5. The van der Waals surface area contributed by atoms with E-state index in [1.165, 1.54) is 11.3 Å². The molecule has 2 aliphatic rings. The van der Waals surface area contributed by atoms with Crippen LogP contribution in [0.15, 0.2) is 54.3 Å². The fourth-order valence-corrected chi connectivity index (χ4v) is 4.67. The molecule has 162 valence electrons. The third-order valence-electron chi connectivity index (χ3n) is 5.38. The van der Waals surface area contributed by atoms with Gasteiger partial charge in [-0.2, -0.15) is 0 Å². The van der Waals surface area contributed by atoms with Gasteiger partial charge in [0.1, 0.15) is 35.9 Å². The lowest BCUT2D eigenvalue weighted by Crippen LogP contribution is -2.59. The number of aliphatic hydroxyl groups is 4. The smallest absolute Gasteiger partial charge is 0.228 e. The number of benzene rings is 2. The van der Waals surface area contributed by atoms with E-state index in [0.717, 1.165) is 15.8 Å². The van der Waals surface area contributed by atoms with E-state index >= 15 is 0 Å². The molecule has 3 heterocycles. The molecule has 2 aliphatic heterocycles. The SMILES string of the molecule is OC[C@H]1O[C@@H](OC2=C(c3nc4ccccc4s3)Oc3ccccc3C2)[C@H](O)[C@@H](O)[C@H]1O. The number of para-hydroxylation sites is 2. The van der Waals surface area contributed by atoms with Crippen molar-refractivity contribution in [1.82, 2.24) is 4.98 Å². The zero-order valence-corrected chi connectivity index (χ0v) is 17.1. The van der Waals surface area contributed by atoms with Gasteiger partial charge in [-0.1, -0.05) is 30.3 Å². The molecule has 1 fully saturated rings. The van der Waals surface area contributed by atoms with Crippen LogP contribution in [-0.2, 0) is 15.9 Å². The molecule has 0 radical (unpaired) electrons. The molecule has 0 amide bonds. The van der Waals surface area contributed by atoms with Crippen molar-refractivity contribution in [3.05, 3.63) is 64.9 Å². The predicted octanol–water partition coefficient (Wildman–Crippen LogP) is 1.42. The Kier molecular flexibility index (Phi) is 5.39. The predicted molar refractivity (Wildman–Crippen MR) is 112 cm³/mol. The van der Waals surface area contributed by atoms with Crippen molar-refractivity contribution in [3.8, 4) is 5.75 Å². The number of aliphatic hydroxyl groups excluding tert-OH is 4. The Labute approximate surface area is 181 Å². The molecule has 1 saturated heterocycles. The van der Waals surface area contributed by atoms with Crippen molar-refractivity contribution >= 4 is 27.3 Å². The first-order chi connectivity index (χ1) is 15.0. The molecule has 3 aromatic rings. The molecule has 0 aliphatic carbocycles. The monoisotopic (exact) mass is 443 g/mol. The minimum absolute atomic E-state index is 0.358. The molecule has 9 heteroatoms. The number of fused-ring (bicyclic) bond motifs is 2. The summed E-state index contributed by atoms with van der Waals surface area (Å²) in [6.45, 7) is -0.534. The molecule has 2 aromatic carbocycles. The van der Waals surface area contributed by atoms with E-state index in [0.29, 0.717) is 28.7 Å². The van der Waals surface area contributed by atoms with Crippen LogP contribution in [0.3, 0.4) is 0 Å². The molecule has 0 bridgehead atoms. The van der Waals surface area contributed by atoms with Gasteiger partial charge in [-0.25, -0.2) is 4.98 Å². The van der Waals surface area contributed by atoms with Crippen LogP contribution in [0, 0.1) is 0 Å². The van der Waals surface area contributed by atoms with Gasteiger partial charge >= 0.3 is 0 Å². The molecule has 5 rings (SSSR count). The number of thiazole rings is 1. The minimum Gasteiger partial charge on any atom is -0.462 e. The maximum atomic E-state index is 10.4. The Balaban J connectivity index is 1.53. The molecule has 0 saturated carbocycles. The van der Waals surface area contributed by atoms with Crippen LogP contribution < -0.4 is 4.74 Å². The topological polar surface area (TPSA) is 122 Å². The maximum Gasteiger partial charge on any atom is 0.228 e. The van der Waals surface area contributed by atoms with Crippen molar-refractivity contribution in [2.45, 2.75) is 37.1 Å². The standard InChI is InChI=1S/C22H21NO7S/c24-10-15-17(25)18(26)19(27)22(30-15)29-14-9-11-5-1-3-7-13(11)28-20(14)21-23-12-6-2-4-8-16(12)31-21/h1-8,15,17-19,22,24-27H,9-10H2/t15-,17+,18+,19-,22-/m1/s1. The molecule has 0 spiro atoms. The fourth-order valence-electron chi connectivity index (χ4n) is 3.70. The number of aromatic nitrogens is 1. The molecule has 0 unspecified atom stereocenters. The second kappa shape index (κ2) is 8.19. The first-order valence-electron chi connectivity index (χ1n) is 9.87. The molecule has 1 aromatic heterocycles. The Morgan fingerprint density at radius 2 is 1.77 bits per heavy atom. The van der Waals surface area contributed by atoms with Gasteiger partial charge in [-0.3, -0.25) is 0 Å². The summed E-state index contributed by atoms with van der Waals surface area (Å²) < 4.78 is 18.6. The van der Waals surface area contributed by atoms with Crippen molar-refractivity contribution in [3.63, 3.8) is 0 Å². The number of rotatable bonds is 4. The minimum atomic E-state index is -1.53. The highest BCUT2D eigenvalue weighted by Crippen LogP contribution is 2.39. The Hall–Kier alpha value is -2.53. The first-order valence-corrected chi connectivity index (χ1v) is 10.7. The van der Waals surface area contributed by atoms with Gasteiger partial charge in [0.25, 0.3) is 0 Å². The number of hydrogen-bond donors (Lipinski definition) is 4. The van der Waals surface area contributed by atoms with Crippen LogP contribution in [0.25, 0.3) is 16.0 Å². The van der Waals surface area contributed by atoms with Crippen LogP contribution >= 0.6 is 11.3 Å². The summed E-state index contributed by atoms with van der Waals surface area (Å²) in [7, 11) is 0. The van der Waals surface area contributed by atoms with Crippen LogP contribution in [-0.4, -0.2) is 62.7 Å². The second-order valence-electron chi connectivity index (χ2n) is 7.44. The highest BCUT2D eigenvalue weighted by molar-refractivity contribution is 7.19. The van der Waals surface area contributed by atoms with E-state index in [-0.39, 0.29) is 0 Å². The normalized spacial score (nSPS) is 28.3. The number of allylic oxidation sites excluding steroid dienone is 1. The van der Waals surface area contributed by atoms with Gasteiger partial charge in [0.05, 0.1) is 16.8 Å². The molecular formula is C22H21NO7S.